The number of anilines is 1. The van der Waals surface area contributed by atoms with Crippen LogP contribution in [0, 0.1) is 13.0 Å². The molecule has 7 nitrogen and oxygen atoms in total. The van der Waals surface area contributed by atoms with Gasteiger partial charge < -0.3 is 9.47 Å². The van der Waals surface area contributed by atoms with Gasteiger partial charge >= 0.3 is 6.03 Å². The molecule has 4 amide bonds. The topological polar surface area (TPSA) is 84.9 Å². The van der Waals surface area contributed by atoms with Gasteiger partial charge in [0.25, 0.3) is 11.8 Å². The summed E-state index contributed by atoms with van der Waals surface area (Å²) < 4.78 is 27.0. The Morgan fingerprint density at radius 2 is 1.77 bits per heavy atom. The second-order valence-corrected chi connectivity index (χ2v) is 9.79. The number of hydrogen-bond donors (Lipinski definition) is 1. The van der Waals surface area contributed by atoms with Crippen molar-refractivity contribution in [3.63, 3.8) is 0 Å². The van der Waals surface area contributed by atoms with Crippen LogP contribution < -0.4 is 19.7 Å². The Balaban J connectivity index is 1.64. The van der Waals surface area contributed by atoms with E-state index in [4.69, 9.17) is 9.47 Å². The number of hydrogen-bond acceptors (Lipinski definition) is 5. The minimum Gasteiger partial charge on any atom is -0.493 e. The molecule has 0 aromatic heterocycles. The van der Waals surface area contributed by atoms with Crippen LogP contribution in [0.2, 0.25) is 0 Å². The molecular weight excluding hydrogens is 681 g/mol. The molecule has 1 N–H and O–H groups in total. The molecular formula is C25H17FI2N2O5. The highest BCUT2D eigenvalue weighted by molar-refractivity contribution is 14.1. The highest BCUT2D eigenvalue weighted by Gasteiger charge is 2.37. The van der Waals surface area contributed by atoms with Crippen LogP contribution in [0.15, 0.2) is 66.2 Å². The van der Waals surface area contributed by atoms with Crippen LogP contribution in [0.1, 0.15) is 11.1 Å². The van der Waals surface area contributed by atoms with Gasteiger partial charge in [0, 0.05) is 3.57 Å². The van der Waals surface area contributed by atoms with Gasteiger partial charge in [-0.2, -0.15) is 0 Å². The number of urea groups is 1. The van der Waals surface area contributed by atoms with Crippen molar-refractivity contribution in [1.29, 1.82) is 0 Å². The normalized spacial score (nSPS) is 14.8. The summed E-state index contributed by atoms with van der Waals surface area (Å²) >= 11 is 4.31. The summed E-state index contributed by atoms with van der Waals surface area (Å²) in [6, 6.07) is 15.3. The van der Waals surface area contributed by atoms with Crippen molar-refractivity contribution in [3.05, 3.63) is 90.3 Å². The Bertz CT molecular complexity index is 1360. The summed E-state index contributed by atoms with van der Waals surface area (Å²) in [5.74, 6) is -1.40. The SMILES string of the molecule is COc1cc(/C=C2\C(=O)NC(=O)N(c3cccc(F)c3)C2=O)cc(I)c1OCc1ccc(I)cc1. The van der Waals surface area contributed by atoms with E-state index in [0.717, 1.165) is 20.1 Å². The van der Waals surface area contributed by atoms with Crippen molar-refractivity contribution in [3.8, 4) is 11.5 Å². The quantitative estimate of drug-likeness (QED) is 0.215. The van der Waals surface area contributed by atoms with Crippen molar-refractivity contribution in [2.24, 2.45) is 0 Å². The molecule has 3 aromatic carbocycles. The van der Waals surface area contributed by atoms with Crippen molar-refractivity contribution in [2.45, 2.75) is 6.61 Å². The molecule has 0 aliphatic carbocycles. The molecule has 0 radical (unpaired) electrons. The third kappa shape index (κ3) is 5.64. The van der Waals surface area contributed by atoms with E-state index in [1.807, 2.05) is 24.3 Å². The molecule has 1 heterocycles. The summed E-state index contributed by atoms with van der Waals surface area (Å²) in [7, 11) is 1.49. The fourth-order valence-electron chi connectivity index (χ4n) is 3.37. The number of carbonyl (C=O) groups excluding carboxylic acids is 3. The van der Waals surface area contributed by atoms with E-state index in [0.29, 0.717) is 27.2 Å². The Labute approximate surface area is 227 Å². The number of nitrogens with one attached hydrogen (secondary N) is 1. The highest BCUT2D eigenvalue weighted by Crippen LogP contribution is 2.35. The summed E-state index contributed by atoms with van der Waals surface area (Å²) in [6.45, 7) is 0.329. The molecule has 3 aromatic rings. The number of carbonyl (C=O) groups is 3. The lowest BCUT2D eigenvalue weighted by Gasteiger charge is -2.26. The molecule has 4 rings (SSSR count). The molecule has 178 valence electrons. The standard InChI is InChI=1S/C25H17FI2N2O5/c1-34-21-11-15(10-20(28)22(21)35-13-14-5-7-17(27)8-6-14)9-19-23(31)29-25(33)30(24(19)32)18-4-2-3-16(26)12-18/h2-12H,13H2,1H3,(H,29,31,33)/b19-9+. The van der Waals surface area contributed by atoms with Crippen LogP contribution >= 0.6 is 45.2 Å². The van der Waals surface area contributed by atoms with E-state index < -0.39 is 23.7 Å². The minimum absolute atomic E-state index is 0.0115. The van der Waals surface area contributed by atoms with Crippen molar-refractivity contribution >= 4 is 74.8 Å². The van der Waals surface area contributed by atoms with Crippen LogP contribution in [-0.4, -0.2) is 25.0 Å². The van der Waals surface area contributed by atoms with Gasteiger partial charge in [0.15, 0.2) is 11.5 Å². The number of halogens is 3. The fourth-order valence-corrected chi connectivity index (χ4v) is 4.51. The van der Waals surface area contributed by atoms with Crippen molar-refractivity contribution in [1.82, 2.24) is 5.32 Å². The third-order valence-electron chi connectivity index (χ3n) is 5.03. The van der Waals surface area contributed by atoms with Gasteiger partial charge in [-0.25, -0.2) is 14.1 Å². The number of amides is 4. The first-order chi connectivity index (χ1) is 16.8. The van der Waals surface area contributed by atoms with Gasteiger partial charge in [-0.1, -0.05) is 18.2 Å². The smallest absolute Gasteiger partial charge is 0.335 e. The van der Waals surface area contributed by atoms with Crippen LogP contribution in [0.3, 0.4) is 0 Å². The van der Waals surface area contributed by atoms with Crippen LogP contribution in [0.25, 0.3) is 6.08 Å². The zero-order valence-electron chi connectivity index (χ0n) is 18.2. The van der Waals surface area contributed by atoms with E-state index in [1.54, 1.807) is 12.1 Å². The van der Waals surface area contributed by atoms with Crippen LogP contribution in [0.4, 0.5) is 14.9 Å². The first-order valence-corrected chi connectivity index (χ1v) is 12.3. The first kappa shape index (κ1) is 25.1. The maximum atomic E-state index is 13.7. The molecule has 0 spiro atoms. The number of methoxy groups -OCH3 is 1. The van der Waals surface area contributed by atoms with E-state index in [-0.39, 0.29) is 11.3 Å². The molecule has 0 saturated carbocycles. The van der Waals surface area contributed by atoms with Crippen LogP contribution in [-0.2, 0) is 16.2 Å². The van der Waals surface area contributed by atoms with Gasteiger partial charge in [0.1, 0.15) is 18.0 Å². The molecule has 35 heavy (non-hydrogen) atoms. The zero-order chi connectivity index (χ0) is 25.1. The maximum Gasteiger partial charge on any atom is 0.335 e. The van der Waals surface area contributed by atoms with E-state index in [2.05, 4.69) is 50.5 Å². The van der Waals surface area contributed by atoms with E-state index in [1.165, 1.54) is 31.4 Å². The predicted molar refractivity (Wildman–Crippen MR) is 145 cm³/mol. The number of rotatable bonds is 6. The van der Waals surface area contributed by atoms with Crippen molar-refractivity contribution in [2.75, 3.05) is 12.0 Å². The summed E-state index contributed by atoms with van der Waals surface area (Å²) in [5.41, 5.74) is 1.21. The molecule has 0 unspecified atom stereocenters. The van der Waals surface area contributed by atoms with Gasteiger partial charge in [-0.15, -0.1) is 0 Å². The van der Waals surface area contributed by atoms with Gasteiger partial charge in [-0.3, -0.25) is 14.9 Å². The number of benzene rings is 3. The lowest BCUT2D eigenvalue weighted by Crippen LogP contribution is -2.54. The molecule has 10 heteroatoms. The Kier molecular flexibility index (Phi) is 7.69. The maximum absolute atomic E-state index is 13.7. The lowest BCUT2D eigenvalue weighted by atomic mass is 10.1. The molecule has 1 fully saturated rings. The Hall–Kier alpha value is -3.00. The summed E-state index contributed by atoms with van der Waals surface area (Å²) in [6.07, 6.45) is 1.35. The second-order valence-electron chi connectivity index (χ2n) is 7.39. The largest absolute Gasteiger partial charge is 0.493 e. The highest BCUT2D eigenvalue weighted by atomic mass is 127. The fraction of sp³-hybridized carbons (Fsp3) is 0.0800. The van der Waals surface area contributed by atoms with Gasteiger partial charge in [0.2, 0.25) is 0 Å². The predicted octanol–water partition coefficient (Wildman–Crippen LogP) is 5.29. The number of nitrogens with zero attached hydrogens (tertiary/aromatic N) is 1. The second kappa shape index (κ2) is 10.7. The van der Waals surface area contributed by atoms with E-state index in [9.17, 15) is 18.8 Å². The number of imide groups is 2. The van der Waals surface area contributed by atoms with Gasteiger partial charge in [0.05, 0.1) is 16.4 Å². The van der Waals surface area contributed by atoms with E-state index >= 15 is 0 Å². The average Bonchev–Trinajstić information content (AvgIpc) is 2.82. The molecule has 1 aliphatic rings. The number of barbiturate groups is 1. The summed E-state index contributed by atoms with van der Waals surface area (Å²) in [5, 5.41) is 2.12. The Morgan fingerprint density at radius 1 is 1.03 bits per heavy atom. The average molecular weight is 698 g/mol. The molecule has 0 atom stereocenters. The lowest BCUT2D eigenvalue weighted by molar-refractivity contribution is -0.122. The summed E-state index contributed by atoms with van der Waals surface area (Å²) in [4.78, 5) is 38.6. The minimum atomic E-state index is -0.950. The number of ether oxygens (including phenoxy) is 2. The molecule has 1 saturated heterocycles. The monoisotopic (exact) mass is 698 g/mol. The van der Waals surface area contributed by atoms with Crippen molar-refractivity contribution < 1.29 is 28.2 Å². The molecule has 1 aliphatic heterocycles. The third-order valence-corrected chi connectivity index (χ3v) is 6.55. The Morgan fingerprint density at radius 3 is 2.46 bits per heavy atom. The zero-order valence-corrected chi connectivity index (χ0v) is 22.5. The van der Waals surface area contributed by atoms with Crippen LogP contribution in [0.5, 0.6) is 11.5 Å². The van der Waals surface area contributed by atoms with Gasteiger partial charge in [-0.05, 0) is 105 Å². The first-order valence-electron chi connectivity index (χ1n) is 10.2. The molecule has 0 bridgehead atoms.